The first-order valence-corrected chi connectivity index (χ1v) is 6.55. The molecule has 4 nitrogen and oxygen atoms in total. The first-order chi connectivity index (χ1) is 8.86. The fourth-order valence-electron chi connectivity index (χ4n) is 2.17. The second-order valence-electron chi connectivity index (χ2n) is 4.89. The van der Waals surface area contributed by atoms with E-state index in [1.54, 1.807) is 13.8 Å². The van der Waals surface area contributed by atoms with Crippen LogP contribution in [0.4, 0.5) is 5.69 Å². The first-order valence-electron chi connectivity index (χ1n) is 6.55. The van der Waals surface area contributed by atoms with Gasteiger partial charge in [0.05, 0.1) is 12.7 Å². The van der Waals surface area contributed by atoms with Crippen molar-refractivity contribution in [2.75, 3.05) is 11.9 Å². The summed E-state index contributed by atoms with van der Waals surface area (Å²) < 4.78 is 4.98. The Morgan fingerprint density at radius 2 is 1.84 bits per heavy atom. The van der Waals surface area contributed by atoms with Gasteiger partial charge in [-0.2, -0.15) is 0 Å². The lowest BCUT2D eigenvalue weighted by atomic mass is 10.0. The SMILES string of the molecule is CCOC(=O)[C@@H](Nc1c(C)cc(C)cc1C)[C@@H](C)O. The zero-order chi connectivity index (χ0) is 14.6. The molecule has 1 aromatic carbocycles. The molecule has 0 saturated heterocycles. The fourth-order valence-corrected chi connectivity index (χ4v) is 2.17. The number of carbonyl (C=O) groups is 1. The van der Waals surface area contributed by atoms with Crippen molar-refractivity contribution in [2.24, 2.45) is 0 Å². The zero-order valence-electron chi connectivity index (χ0n) is 12.3. The first kappa shape index (κ1) is 15.5. The van der Waals surface area contributed by atoms with Gasteiger partial charge in [0.25, 0.3) is 0 Å². The summed E-state index contributed by atoms with van der Waals surface area (Å²) in [5.41, 5.74) is 4.15. The van der Waals surface area contributed by atoms with Crippen molar-refractivity contribution in [2.45, 2.75) is 46.8 Å². The third-order valence-electron chi connectivity index (χ3n) is 3.00. The highest BCUT2D eigenvalue weighted by Crippen LogP contribution is 2.23. The van der Waals surface area contributed by atoms with Crippen molar-refractivity contribution in [3.8, 4) is 0 Å². The normalized spacial score (nSPS) is 13.8. The number of aryl methyl sites for hydroxylation is 3. The van der Waals surface area contributed by atoms with Crippen LogP contribution in [-0.4, -0.2) is 29.8 Å². The predicted molar refractivity (Wildman–Crippen MR) is 76.4 cm³/mol. The van der Waals surface area contributed by atoms with Crippen molar-refractivity contribution in [3.05, 3.63) is 28.8 Å². The lowest BCUT2D eigenvalue weighted by molar-refractivity contribution is -0.146. The number of aliphatic hydroxyl groups is 1. The summed E-state index contributed by atoms with van der Waals surface area (Å²) in [4.78, 5) is 11.8. The number of hydrogen-bond donors (Lipinski definition) is 2. The second kappa shape index (κ2) is 6.57. The number of esters is 1. The van der Waals surface area contributed by atoms with Crippen molar-refractivity contribution in [1.82, 2.24) is 0 Å². The minimum absolute atomic E-state index is 0.301. The van der Waals surface area contributed by atoms with Crippen LogP contribution in [0, 0.1) is 20.8 Å². The number of ether oxygens (including phenoxy) is 1. The maximum atomic E-state index is 11.8. The largest absolute Gasteiger partial charge is 0.464 e. The summed E-state index contributed by atoms with van der Waals surface area (Å²) in [6, 6.07) is 3.33. The highest BCUT2D eigenvalue weighted by molar-refractivity contribution is 5.81. The van der Waals surface area contributed by atoms with Crippen LogP contribution in [0.25, 0.3) is 0 Å². The molecule has 0 saturated carbocycles. The van der Waals surface area contributed by atoms with Crippen molar-refractivity contribution in [1.29, 1.82) is 0 Å². The van der Waals surface area contributed by atoms with Gasteiger partial charge in [-0.1, -0.05) is 17.7 Å². The number of rotatable bonds is 5. The number of anilines is 1. The molecule has 0 bridgehead atoms. The molecule has 0 heterocycles. The molecule has 0 unspecified atom stereocenters. The molecule has 0 aliphatic rings. The van der Waals surface area contributed by atoms with Gasteiger partial charge in [0, 0.05) is 5.69 Å². The van der Waals surface area contributed by atoms with E-state index in [2.05, 4.69) is 5.32 Å². The minimum Gasteiger partial charge on any atom is -0.464 e. The third kappa shape index (κ3) is 3.96. The van der Waals surface area contributed by atoms with Crippen molar-refractivity contribution < 1.29 is 14.6 Å². The Hall–Kier alpha value is -1.55. The van der Waals surface area contributed by atoms with E-state index in [0.29, 0.717) is 6.61 Å². The lowest BCUT2D eigenvalue weighted by Gasteiger charge is -2.23. The number of aliphatic hydroxyl groups excluding tert-OH is 1. The Kier molecular flexibility index (Phi) is 5.36. The van der Waals surface area contributed by atoms with E-state index < -0.39 is 18.1 Å². The summed E-state index contributed by atoms with van der Waals surface area (Å²) in [6.07, 6.45) is -0.820. The molecule has 1 aromatic rings. The zero-order valence-corrected chi connectivity index (χ0v) is 12.3. The van der Waals surface area contributed by atoms with Gasteiger partial charge >= 0.3 is 5.97 Å². The molecule has 106 valence electrons. The molecule has 0 aliphatic carbocycles. The van der Waals surface area contributed by atoms with E-state index in [1.165, 1.54) is 5.56 Å². The van der Waals surface area contributed by atoms with Crippen LogP contribution >= 0.6 is 0 Å². The highest BCUT2D eigenvalue weighted by Gasteiger charge is 2.25. The Morgan fingerprint density at radius 3 is 2.26 bits per heavy atom. The van der Waals surface area contributed by atoms with Crippen LogP contribution in [-0.2, 0) is 9.53 Å². The van der Waals surface area contributed by atoms with Crippen LogP contribution in [0.3, 0.4) is 0 Å². The smallest absolute Gasteiger partial charge is 0.331 e. The van der Waals surface area contributed by atoms with E-state index in [4.69, 9.17) is 4.74 Å². The van der Waals surface area contributed by atoms with Crippen LogP contribution < -0.4 is 5.32 Å². The van der Waals surface area contributed by atoms with Gasteiger partial charge < -0.3 is 15.2 Å². The molecule has 0 radical (unpaired) electrons. The van der Waals surface area contributed by atoms with E-state index in [1.807, 2.05) is 32.9 Å². The molecular weight excluding hydrogens is 242 g/mol. The van der Waals surface area contributed by atoms with Crippen molar-refractivity contribution in [3.63, 3.8) is 0 Å². The Labute approximate surface area is 114 Å². The van der Waals surface area contributed by atoms with Crippen LogP contribution in [0.15, 0.2) is 12.1 Å². The highest BCUT2D eigenvalue weighted by atomic mass is 16.5. The van der Waals surface area contributed by atoms with Gasteiger partial charge in [-0.15, -0.1) is 0 Å². The minimum atomic E-state index is -0.820. The molecule has 0 amide bonds. The Balaban J connectivity index is 3.00. The van der Waals surface area contributed by atoms with E-state index in [-0.39, 0.29) is 0 Å². The topological polar surface area (TPSA) is 58.6 Å². The number of nitrogens with one attached hydrogen (secondary N) is 1. The second-order valence-corrected chi connectivity index (χ2v) is 4.89. The summed E-state index contributed by atoms with van der Waals surface area (Å²) in [7, 11) is 0. The number of benzene rings is 1. The summed E-state index contributed by atoms with van der Waals surface area (Å²) in [6.45, 7) is 9.61. The molecule has 2 atom stereocenters. The van der Waals surface area contributed by atoms with E-state index in [0.717, 1.165) is 16.8 Å². The molecule has 1 rings (SSSR count). The van der Waals surface area contributed by atoms with Gasteiger partial charge in [0.1, 0.15) is 0 Å². The molecular formula is C15H23NO3. The van der Waals surface area contributed by atoms with E-state index >= 15 is 0 Å². The molecule has 0 fully saturated rings. The summed E-state index contributed by atoms with van der Waals surface area (Å²) in [5.74, 6) is -0.433. The Bertz CT molecular complexity index is 432. The molecule has 0 aromatic heterocycles. The predicted octanol–water partition coefficient (Wildman–Crippen LogP) is 2.34. The van der Waals surface area contributed by atoms with Gasteiger partial charge in [0.15, 0.2) is 6.04 Å². The monoisotopic (exact) mass is 265 g/mol. The average molecular weight is 265 g/mol. The standard InChI is InChI=1S/C15H23NO3/c1-6-19-15(18)14(12(5)17)16-13-10(3)7-9(2)8-11(13)4/h7-8,12,14,16-17H,6H2,1-5H3/t12-,14+/m1/s1. The number of hydrogen-bond acceptors (Lipinski definition) is 4. The van der Waals surface area contributed by atoms with Crippen LogP contribution in [0.5, 0.6) is 0 Å². The van der Waals surface area contributed by atoms with Gasteiger partial charge in [0.2, 0.25) is 0 Å². The maximum Gasteiger partial charge on any atom is 0.331 e. The third-order valence-corrected chi connectivity index (χ3v) is 3.00. The van der Waals surface area contributed by atoms with Crippen LogP contribution in [0.1, 0.15) is 30.5 Å². The number of carbonyl (C=O) groups excluding carboxylic acids is 1. The lowest BCUT2D eigenvalue weighted by Crippen LogP contribution is -2.40. The molecule has 0 spiro atoms. The summed E-state index contributed by atoms with van der Waals surface area (Å²) >= 11 is 0. The average Bonchev–Trinajstić information content (AvgIpc) is 2.27. The van der Waals surface area contributed by atoms with E-state index in [9.17, 15) is 9.90 Å². The van der Waals surface area contributed by atoms with Gasteiger partial charge in [-0.05, 0) is 45.7 Å². The van der Waals surface area contributed by atoms with Crippen molar-refractivity contribution >= 4 is 11.7 Å². The maximum absolute atomic E-state index is 11.8. The van der Waals surface area contributed by atoms with Gasteiger partial charge in [-0.3, -0.25) is 0 Å². The summed E-state index contributed by atoms with van der Waals surface area (Å²) in [5, 5.41) is 12.8. The molecule has 19 heavy (non-hydrogen) atoms. The van der Waals surface area contributed by atoms with Gasteiger partial charge in [-0.25, -0.2) is 4.79 Å². The fraction of sp³-hybridized carbons (Fsp3) is 0.533. The molecule has 2 N–H and O–H groups in total. The Morgan fingerprint density at radius 1 is 1.32 bits per heavy atom. The molecule has 0 aliphatic heterocycles. The quantitative estimate of drug-likeness (QED) is 0.802. The molecule has 4 heteroatoms. The van der Waals surface area contributed by atoms with Crippen LogP contribution in [0.2, 0.25) is 0 Å².